The van der Waals surface area contributed by atoms with Crippen LogP contribution < -0.4 is 0 Å². The number of hydrogen-bond acceptors (Lipinski definition) is 7. The van der Waals surface area contributed by atoms with Crippen molar-refractivity contribution in [2.24, 2.45) is 10.8 Å². The maximum Gasteiger partial charge on any atom is 0.354 e. The van der Waals surface area contributed by atoms with Crippen molar-refractivity contribution < 1.29 is 24.2 Å². The first-order valence-electron chi connectivity index (χ1n) is 18.3. The van der Waals surface area contributed by atoms with Crippen LogP contribution in [0.1, 0.15) is 61.3 Å². The standard InChI is InChI=1S/C42H42N4O5/c1-5-41-18-15-29(44-20-17-27-25-12-8-9-13-30(25)45(34(27)36(41)44)32(21-41)39(48)50-3)28-23-43-19-16-26-24-11-7-10-14-31(24)46-33(40(49)51-4)22-42(6-2,38(28)47)37(43)35(26)46/h7-15,18,21-23,29,36-38,47H,5-6,16-17,19-20H2,1-4H3/t29-,36+,37+,38+,41-,42-/m0/s1. The van der Waals surface area contributed by atoms with Gasteiger partial charge in [-0.2, -0.15) is 0 Å². The number of fused-ring (bicyclic) bond motifs is 6. The summed E-state index contributed by atoms with van der Waals surface area (Å²) in [4.78, 5) is 32.1. The fraction of sp³-hybridized carbons (Fsp3) is 0.381. The molecular weight excluding hydrogens is 640 g/mol. The first-order valence-corrected chi connectivity index (χ1v) is 18.3. The second kappa shape index (κ2) is 10.6. The van der Waals surface area contributed by atoms with Crippen molar-refractivity contribution in [1.29, 1.82) is 0 Å². The predicted molar refractivity (Wildman–Crippen MR) is 195 cm³/mol. The van der Waals surface area contributed by atoms with E-state index in [9.17, 15) is 14.7 Å². The maximum atomic E-state index is 13.6. The molecule has 0 radical (unpaired) electrons. The van der Waals surface area contributed by atoms with E-state index in [1.54, 1.807) is 0 Å². The van der Waals surface area contributed by atoms with Crippen LogP contribution in [0.25, 0.3) is 33.2 Å². The summed E-state index contributed by atoms with van der Waals surface area (Å²) in [5, 5.41) is 15.3. The molecule has 260 valence electrons. The predicted octanol–water partition coefficient (Wildman–Crippen LogP) is 6.14. The zero-order chi connectivity index (χ0) is 35.0. The molecule has 2 aromatic carbocycles. The van der Waals surface area contributed by atoms with Gasteiger partial charge in [0, 0.05) is 46.6 Å². The van der Waals surface area contributed by atoms with E-state index in [2.05, 4.69) is 93.6 Å². The van der Waals surface area contributed by atoms with Crippen LogP contribution in [0.4, 0.5) is 0 Å². The number of esters is 2. The highest BCUT2D eigenvalue weighted by atomic mass is 16.5. The van der Waals surface area contributed by atoms with Gasteiger partial charge < -0.3 is 28.6 Å². The molecule has 0 unspecified atom stereocenters. The van der Waals surface area contributed by atoms with Gasteiger partial charge in [-0.05, 0) is 66.7 Å². The van der Waals surface area contributed by atoms with Gasteiger partial charge in [0.1, 0.15) is 11.4 Å². The van der Waals surface area contributed by atoms with Gasteiger partial charge in [-0.15, -0.1) is 0 Å². The van der Waals surface area contributed by atoms with Crippen molar-refractivity contribution in [2.45, 2.75) is 63.8 Å². The normalized spacial score (nSPS) is 30.0. The lowest BCUT2D eigenvalue weighted by atomic mass is 9.62. The summed E-state index contributed by atoms with van der Waals surface area (Å²) in [6.45, 7) is 5.94. The number of hydrogen-bond donors (Lipinski definition) is 1. The van der Waals surface area contributed by atoms with Gasteiger partial charge in [0.25, 0.3) is 0 Å². The zero-order valence-corrected chi connectivity index (χ0v) is 29.4. The fourth-order valence-electron chi connectivity index (χ4n) is 11.0. The van der Waals surface area contributed by atoms with Gasteiger partial charge in [0.2, 0.25) is 0 Å². The first-order chi connectivity index (χ1) is 24.8. The summed E-state index contributed by atoms with van der Waals surface area (Å²) < 4.78 is 15.0. The molecule has 0 aliphatic carbocycles. The van der Waals surface area contributed by atoms with E-state index in [4.69, 9.17) is 9.47 Å². The van der Waals surface area contributed by atoms with Gasteiger partial charge in [-0.1, -0.05) is 62.4 Å². The molecule has 9 heteroatoms. The molecule has 0 bridgehead atoms. The Morgan fingerprint density at radius 1 is 0.804 bits per heavy atom. The van der Waals surface area contributed by atoms with Gasteiger partial charge in [0.05, 0.1) is 55.2 Å². The third-order valence-corrected chi connectivity index (χ3v) is 13.2. The number of ether oxygens (including phenoxy) is 2. The number of nitrogens with zero attached hydrogens (tertiary/aromatic N) is 4. The largest absolute Gasteiger partial charge is 0.464 e. The third kappa shape index (κ3) is 3.68. The molecule has 0 spiro atoms. The molecule has 9 nitrogen and oxygen atoms in total. The number of carbonyl (C=O) groups excluding carboxylic acids is 2. The van der Waals surface area contributed by atoms with Crippen molar-refractivity contribution in [3.05, 3.63) is 107 Å². The van der Waals surface area contributed by atoms with Crippen LogP contribution >= 0.6 is 0 Å². The molecule has 10 rings (SSSR count). The van der Waals surface area contributed by atoms with Crippen molar-refractivity contribution in [3.8, 4) is 0 Å². The van der Waals surface area contributed by atoms with Gasteiger partial charge in [-0.3, -0.25) is 4.90 Å². The zero-order valence-electron chi connectivity index (χ0n) is 29.4. The number of aliphatic hydroxyl groups is 1. The number of rotatable bonds is 5. The van der Waals surface area contributed by atoms with E-state index < -0.39 is 22.9 Å². The highest BCUT2D eigenvalue weighted by molar-refractivity contribution is 6.14. The number of benzene rings is 2. The van der Waals surface area contributed by atoms with Crippen LogP contribution in [0.3, 0.4) is 0 Å². The van der Waals surface area contributed by atoms with Gasteiger partial charge >= 0.3 is 11.9 Å². The van der Waals surface area contributed by atoms with Crippen LogP contribution in [-0.2, 0) is 31.9 Å². The minimum Gasteiger partial charge on any atom is -0.464 e. The highest BCUT2D eigenvalue weighted by Crippen LogP contribution is 2.61. The lowest BCUT2D eigenvalue weighted by Gasteiger charge is -2.58. The van der Waals surface area contributed by atoms with Crippen LogP contribution in [0.5, 0.6) is 0 Å². The molecule has 51 heavy (non-hydrogen) atoms. The molecule has 0 amide bonds. The number of aromatic nitrogens is 2. The molecule has 0 fully saturated rings. The van der Waals surface area contributed by atoms with Crippen LogP contribution in [0.2, 0.25) is 0 Å². The molecule has 0 saturated heterocycles. The summed E-state index contributed by atoms with van der Waals surface area (Å²) in [5.74, 6) is -0.742. The van der Waals surface area contributed by atoms with Crippen LogP contribution in [0.15, 0.2) is 84.6 Å². The van der Waals surface area contributed by atoms with E-state index in [-0.39, 0.29) is 24.1 Å². The fourth-order valence-corrected chi connectivity index (χ4v) is 11.0. The SMILES string of the molecule is CC[C@]12C=C[C@@H](C3=CN4CCc5c6n(c7ccccc57)C(C(=O)OC)=C[C@](CC)([C@@H]3O)[C@@H]64)N3CCc4c(n(c5ccccc45)C(C(=O)OC)=C1)[C@@H]32. The lowest BCUT2D eigenvalue weighted by molar-refractivity contribution is -0.135. The Hall–Kier alpha value is -4.86. The second-order valence-electron chi connectivity index (χ2n) is 15.0. The number of aliphatic hydroxyl groups excluding tert-OH is 1. The van der Waals surface area contributed by atoms with Crippen molar-refractivity contribution >= 4 is 45.1 Å². The minimum absolute atomic E-state index is 0.0477. The molecule has 6 aliphatic rings. The Balaban J connectivity index is 1.18. The Bertz CT molecular complexity index is 2340. The summed E-state index contributed by atoms with van der Waals surface area (Å²) in [6.07, 6.45) is 13.2. The van der Waals surface area contributed by atoms with Gasteiger partial charge in [0.15, 0.2) is 0 Å². The Morgan fingerprint density at radius 3 is 2.00 bits per heavy atom. The second-order valence-corrected chi connectivity index (χ2v) is 15.0. The summed E-state index contributed by atoms with van der Waals surface area (Å²) in [7, 11) is 2.88. The molecular formula is C42H42N4O5. The smallest absolute Gasteiger partial charge is 0.354 e. The average Bonchev–Trinajstić information content (AvgIpc) is 3.70. The van der Waals surface area contributed by atoms with E-state index in [1.807, 2.05) is 18.2 Å². The Kier molecular flexibility index (Phi) is 6.42. The molecule has 2 aromatic heterocycles. The third-order valence-electron chi connectivity index (χ3n) is 13.2. The van der Waals surface area contributed by atoms with Crippen molar-refractivity contribution in [3.63, 3.8) is 0 Å². The maximum absolute atomic E-state index is 13.6. The Morgan fingerprint density at radius 2 is 1.39 bits per heavy atom. The number of carbonyl (C=O) groups is 2. The summed E-state index contributed by atoms with van der Waals surface area (Å²) >= 11 is 0. The topological polar surface area (TPSA) is 89.2 Å². The van der Waals surface area contributed by atoms with Crippen LogP contribution in [0, 0.1) is 10.8 Å². The lowest BCUT2D eigenvalue weighted by Crippen LogP contribution is -2.59. The number of methoxy groups -OCH3 is 2. The molecule has 6 aliphatic heterocycles. The van der Waals surface area contributed by atoms with Crippen molar-refractivity contribution in [1.82, 2.24) is 18.9 Å². The van der Waals surface area contributed by atoms with E-state index >= 15 is 0 Å². The quantitative estimate of drug-likeness (QED) is 0.200. The molecule has 0 saturated carbocycles. The van der Waals surface area contributed by atoms with E-state index in [1.165, 1.54) is 30.7 Å². The van der Waals surface area contributed by atoms with Crippen molar-refractivity contribution in [2.75, 3.05) is 27.3 Å². The van der Waals surface area contributed by atoms with E-state index in [0.717, 1.165) is 65.7 Å². The molecule has 8 heterocycles. The monoisotopic (exact) mass is 682 g/mol. The summed E-state index contributed by atoms with van der Waals surface area (Å²) in [6, 6.07) is 16.3. The minimum atomic E-state index is -0.859. The highest BCUT2D eigenvalue weighted by Gasteiger charge is 2.59. The first kappa shape index (κ1) is 30.9. The van der Waals surface area contributed by atoms with E-state index in [0.29, 0.717) is 17.8 Å². The average molecular weight is 683 g/mol. The summed E-state index contributed by atoms with van der Waals surface area (Å²) in [5.41, 5.74) is 7.56. The molecule has 4 aromatic rings. The van der Waals surface area contributed by atoms with Gasteiger partial charge in [-0.25, -0.2) is 9.59 Å². The molecule has 6 atom stereocenters. The Labute approximate surface area is 296 Å². The van der Waals surface area contributed by atoms with Crippen LogP contribution in [-0.4, -0.2) is 75.4 Å². The molecule has 1 N–H and O–H groups in total. The number of para-hydroxylation sites is 2.